The van der Waals surface area contributed by atoms with Crippen LogP contribution in [-0.2, 0) is 4.74 Å². The Balaban J connectivity index is 2.04. The van der Waals surface area contributed by atoms with E-state index in [9.17, 15) is 4.79 Å². The Labute approximate surface area is 120 Å². The highest BCUT2D eigenvalue weighted by molar-refractivity contribution is 9.10. The molecule has 1 aliphatic heterocycles. The smallest absolute Gasteiger partial charge is 0.252 e. The van der Waals surface area contributed by atoms with Crippen molar-refractivity contribution in [1.29, 1.82) is 0 Å². The third-order valence-electron chi connectivity index (χ3n) is 3.05. The number of benzene rings is 1. The fourth-order valence-electron chi connectivity index (χ4n) is 2.05. The standard InChI is InChI=1S/C13H15BrClNO2/c1-8(12-3-2-6-18-12)16-13(17)10-7-9(15)4-5-11(10)14/h4-5,7-8,12H,2-3,6H2,1H3,(H,16,17). The van der Waals surface area contributed by atoms with Crippen molar-refractivity contribution in [3.63, 3.8) is 0 Å². The van der Waals surface area contributed by atoms with Crippen molar-refractivity contribution in [2.75, 3.05) is 6.61 Å². The van der Waals surface area contributed by atoms with Gasteiger partial charge in [0, 0.05) is 16.1 Å². The lowest BCUT2D eigenvalue weighted by Crippen LogP contribution is -2.40. The predicted molar refractivity (Wildman–Crippen MR) is 75.1 cm³/mol. The van der Waals surface area contributed by atoms with Crippen LogP contribution in [0, 0.1) is 0 Å². The van der Waals surface area contributed by atoms with Crippen molar-refractivity contribution in [3.8, 4) is 0 Å². The number of carbonyl (C=O) groups excluding carboxylic acids is 1. The summed E-state index contributed by atoms with van der Waals surface area (Å²) < 4.78 is 6.29. The lowest BCUT2D eigenvalue weighted by molar-refractivity contribution is 0.0712. The van der Waals surface area contributed by atoms with Crippen LogP contribution in [0.4, 0.5) is 0 Å². The molecule has 0 saturated carbocycles. The molecule has 2 atom stereocenters. The molecule has 98 valence electrons. The summed E-state index contributed by atoms with van der Waals surface area (Å²) in [6.45, 7) is 2.75. The SMILES string of the molecule is CC(NC(=O)c1cc(Cl)ccc1Br)C1CCCO1. The summed E-state index contributed by atoms with van der Waals surface area (Å²) in [5, 5.41) is 3.50. The van der Waals surface area contributed by atoms with E-state index in [-0.39, 0.29) is 18.1 Å². The van der Waals surface area contributed by atoms with E-state index in [4.69, 9.17) is 16.3 Å². The molecule has 0 aliphatic carbocycles. The molecular formula is C13H15BrClNO2. The minimum absolute atomic E-state index is 0.00545. The van der Waals surface area contributed by atoms with Crippen molar-refractivity contribution in [2.45, 2.75) is 31.9 Å². The van der Waals surface area contributed by atoms with Crippen LogP contribution in [0.3, 0.4) is 0 Å². The number of carbonyl (C=O) groups is 1. The third kappa shape index (κ3) is 3.25. The molecule has 2 rings (SSSR count). The van der Waals surface area contributed by atoms with Gasteiger partial charge in [0.15, 0.2) is 0 Å². The van der Waals surface area contributed by atoms with Gasteiger partial charge in [-0.25, -0.2) is 0 Å². The summed E-state index contributed by atoms with van der Waals surface area (Å²) in [5.41, 5.74) is 0.548. The molecule has 1 fully saturated rings. The largest absolute Gasteiger partial charge is 0.376 e. The fourth-order valence-corrected chi connectivity index (χ4v) is 2.64. The lowest BCUT2D eigenvalue weighted by atomic mass is 10.1. The van der Waals surface area contributed by atoms with Crippen LogP contribution in [0.5, 0.6) is 0 Å². The van der Waals surface area contributed by atoms with Gasteiger partial charge in [-0.15, -0.1) is 0 Å². The highest BCUT2D eigenvalue weighted by Crippen LogP contribution is 2.22. The zero-order valence-corrected chi connectivity index (χ0v) is 12.4. The van der Waals surface area contributed by atoms with Crippen LogP contribution in [0.15, 0.2) is 22.7 Å². The quantitative estimate of drug-likeness (QED) is 0.921. The first-order chi connectivity index (χ1) is 8.58. The van der Waals surface area contributed by atoms with Crippen molar-refractivity contribution < 1.29 is 9.53 Å². The van der Waals surface area contributed by atoms with E-state index in [2.05, 4.69) is 21.2 Å². The molecule has 0 spiro atoms. The van der Waals surface area contributed by atoms with Crippen LogP contribution >= 0.6 is 27.5 Å². The number of nitrogens with one attached hydrogen (secondary N) is 1. The molecule has 1 aromatic carbocycles. The van der Waals surface area contributed by atoms with Crippen molar-refractivity contribution in [1.82, 2.24) is 5.32 Å². The summed E-state index contributed by atoms with van der Waals surface area (Å²) in [4.78, 5) is 12.1. The molecule has 2 unspecified atom stereocenters. The Bertz CT molecular complexity index is 447. The number of amides is 1. The first-order valence-corrected chi connectivity index (χ1v) is 7.12. The molecule has 1 aromatic rings. The minimum atomic E-state index is -0.132. The third-order valence-corrected chi connectivity index (χ3v) is 3.98. The monoisotopic (exact) mass is 331 g/mol. The topological polar surface area (TPSA) is 38.3 Å². The fraction of sp³-hybridized carbons (Fsp3) is 0.462. The molecule has 0 bridgehead atoms. The Morgan fingerprint density at radius 2 is 2.39 bits per heavy atom. The predicted octanol–water partition coefficient (Wildman–Crippen LogP) is 3.40. The zero-order chi connectivity index (χ0) is 13.1. The number of hydrogen-bond donors (Lipinski definition) is 1. The average Bonchev–Trinajstić information content (AvgIpc) is 2.85. The number of ether oxygens (including phenoxy) is 1. The summed E-state index contributed by atoms with van der Waals surface area (Å²) in [5.74, 6) is -0.132. The number of rotatable bonds is 3. The molecule has 1 saturated heterocycles. The van der Waals surface area contributed by atoms with Gasteiger partial charge in [0.25, 0.3) is 5.91 Å². The molecule has 1 N–H and O–H groups in total. The molecule has 0 radical (unpaired) electrons. The van der Waals surface area contributed by atoms with Gasteiger partial charge in [-0.1, -0.05) is 11.6 Å². The van der Waals surface area contributed by atoms with Gasteiger partial charge in [0.1, 0.15) is 0 Å². The van der Waals surface area contributed by atoms with E-state index in [0.717, 1.165) is 23.9 Å². The normalized spacial score (nSPS) is 20.7. The van der Waals surface area contributed by atoms with Gasteiger partial charge in [-0.3, -0.25) is 4.79 Å². The Morgan fingerprint density at radius 1 is 1.61 bits per heavy atom. The van der Waals surface area contributed by atoms with Crippen molar-refractivity contribution >= 4 is 33.4 Å². The molecule has 3 nitrogen and oxygen atoms in total. The molecule has 5 heteroatoms. The van der Waals surface area contributed by atoms with Gasteiger partial charge in [-0.2, -0.15) is 0 Å². The first-order valence-electron chi connectivity index (χ1n) is 5.95. The van der Waals surface area contributed by atoms with Crippen molar-refractivity contribution in [2.24, 2.45) is 0 Å². The van der Waals surface area contributed by atoms with Gasteiger partial charge >= 0.3 is 0 Å². The molecular weight excluding hydrogens is 318 g/mol. The van der Waals surface area contributed by atoms with E-state index >= 15 is 0 Å². The van der Waals surface area contributed by atoms with Gasteiger partial charge < -0.3 is 10.1 Å². The summed E-state index contributed by atoms with van der Waals surface area (Å²) in [6.07, 6.45) is 2.18. The number of halogens is 2. The molecule has 18 heavy (non-hydrogen) atoms. The van der Waals surface area contributed by atoms with Gasteiger partial charge in [0.05, 0.1) is 17.7 Å². The maximum atomic E-state index is 12.1. The van der Waals surface area contributed by atoms with E-state index in [1.54, 1.807) is 18.2 Å². The summed E-state index contributed by atoms with van der Waals surface area (Å²) in [6, 6.07) is 5.18. The summed E-state index contributed by atoms with van der Waals surface area (Å²) in [7, 11) is 0. The second-order valence-corrected chi connectivity index (χ2v) is 5.73. The zero-order valence-electron chi connectivity index (χ0n) is 10.1. The van der Waals surface area contributed by atoms with E-state index in [1.807, 2.05) is 6.92 Å². The van der Waals surface area contributed by atoms with Crippen LogP contribution < -0.4 is 5.32 Å². The maximum Gasteiger partial charge on any atom is 0.252 e. The van der Waals surface area contributed by atoms with Gasteiger partial charge in [0.2, 0.25) is 0 Å². The average molecular weight is 333 g/mol. The summed E-state index contributed by atoms with van der Waals surface area (Å²) >= 11 is 9.25. The molecule has 1 aliphatic rings. The first kappa shape index (κ1) is 13.8. The van der Waals surface area contributed by atoms with Crippen LogP contribution in [0.2, 0.25) is 5.02 Å². The Kier molecular flexibility index (Phi) is 4.65. The highest BCUT2D eigenvalue weighted by atomic mass is 79.9. The molecule has 1 amide bonds. The van der Waals surface area contributed by atoms with Crippen LogP contribution in [-0.4, -0.2) is 24.7 Å². The second-order valence-electron chi connectivity index (χ2n) is 4.44. The number of hydrogen-bond acceptors (Lipinski definition) is 2. The second kappa shape index (κ2) is 6.04. The van der Waals surface area contributed by atoms with E-state index < -0.39 is 0 Å². The molecule has 0 aromatic heterocycles. The minimum Gasteiger partial charge on any atom is -0.376 e. The Hall–Kier alpha value is -0.580. The van der Waals surface area contributed by atoms with E-state index in [0.29, 0.717) is 10.6 Å². The van der Waals surface area contributed by atoms with Gasteiger partial charge in [-0.05, 0) is 53.9 Å². The highest BCUT2D eigenvalue weighted by Gasteiger charge is 2.24. The van der Waals surface area contributed by atoms with Crippen LogP contribution in [0.1, 0.15) is 30.1 Å². The molecule has 1 heterocycles. The maximum absolute atomic E-state index is 12.1. The van der Waals surface area contributed by atoms with Crippen molar-refractivity contribution in [3.05, 3.63) is 33.3 Å². The van der Waals surface area contributed by atoms with E-state index in [1.165, 1.54) is 0 Å². The lowest BCUT2D eigenvalue weighted by Gasteiger charge is -2.20. The Morgan fingerprint density at radius 3 is 3.06 bits per heavy atom. The van der Waals surface area contributed by atoms with Crippen LogP contribution in [0.25, 0.3) is 0 Å².